The molecule has 0 saturated carbocycles. The molecule has 1 aliphatic heterocycles. The molecule has 3 aromatic heterocycles. The predicted molar refractivity (Wildman–Crippen MR) is 96.5 cm³/mol. The molecule has 8 nitrogen and oxygen atoms in total. The number of amides is 1. The number of aromatic nitrogens is 5. The molecule has 134 valence electrons. The van der Waals surface area contributed by atoms with Gasteiger partial charge >= 0.3 is 0 Å². The van der Waals surface area contributed by atoms with Crippen molar-refractivity contribution in [2.45, 2.75) is 26.3 Å². The Kier molecular flexibility index (Phi) is 4.47. The minimum Gasteiger partial charge on any atom is -0.354 e. The second kappa shape index (κ2) is 7.07. The van der Waals surface area contributed by atoms with Crippen molar-refractivity contribution in [2.24, 2.45) is 5.92 Å². The van der Waals surface area contributed by atoms with Gasteiger partial charge in [-0.1, -0.05) is 6.07 Å². The summed E-state index contributed by atoms with van der Waals surface area (Å²) in [4.78, 5) is 18.8. The number of pyridine rings is 1. The third-order valence-corrected chi connectivity index (χ3v) is 4.71. The van der Waals surface area contributed by atoms with Gasteiger partial charge in [-0.3, -0.25) is 9.78 Å². The van der Waals surface area contributed by atoms with Crippen LogP contribution in [0.1, 0.15) is 24.2 Å². The molecule has 3 aromatic rings. The van der Waals surface area contributed by atoms with Gasteiger partial charge < -0.3 is 10.2 Å². The average molecular weight is 351 g/mol. The second-order valence-corrected chi connectivity index (χ2v) is 6.57. The second-order valence-electron chi connectivity index (χ2n) is 6.57. The summed E-state index contributed by atoms with van der Waals surface area (Å²) in [7, 11) is 0. The Balaban J connectivity index is 1.42. The molecule has 1 saturated heterocycles. The van der Waals surface area contributed by atoms with Crippen molar-refractivity contribution >= 4 is 17.4 Å². The fourth-order valence-corrected chi connectivity index (χ4v) is 3.29. The predicted octanol–water partition coefficient (Wildman–Crippen LogP) is 1.36. The number of hydrogen-bond acceptors (Lipinski definition) is 6. The largest absolute Gasteiger partial charge is 0.354 e. The SMILES string of the molecule is Cc1nnc2ccc(N3CCC[C@@H](C(=O)NCc4cccnc4)C3)nn12. The first-order valence-electron chi connectivity index (χ1n) is 8.81. The fraction of sp³-hybridized carbons (Fsp3) is 0.389. The quantitative estimate of drug-likeness (QED) is 0.764. The monoisotopic (exact) mass is 351 g/mol. The van der Waals surface area contributed by atoms with Crippen LogP contribution >= 0.6 is 0 Å². The molecule has 8 heteroatoms. The van der Waals surface area contributed by atoms with E-state index in [1.54, 1.807) is 16.9 Å². The topological polar surface area (TPSA) is 88.3 Å². The molecule has 0 radical (unpaired) electrons. The third-order valence-electron chi connectivity index (χ3n) is 4.71. The maximum Gasteiger partial charge on any atom is 0.225 e. The molecule has 1 fully saturated rings. The summed E-state index contributed by atoms with van der Waals surface area (Å²) in [5.41, 5.74) is 1.73. The van der Waals surface area contributed by atoms with Crippen molar-refractivity contribution in [1.29, 1.82) is 0 Å². The zero-order valence-electron chi connectivity index (χ0n) is 14.7. The normalized spacial score (nSPS) is 17.4. The first kappa shape index (κ1) is 16.4. The first-order valence-corrected chi connectivity index (χ1v) is 8.81. The number of carbonyl (C=O) groups is 1. The zero-order chi connectivity index (χ0) is 17.9. The van der Waals surface area contributed by atoms with Gasteiger partial charge in [0.05, 0.1) is 5.92 Å². The molecule has 1 atom stereocenters. The van der Waals surface area contributed by atoms with Gasteiger partial charge in [0, 0.05) is 32.0 Å². The number of hydrogen-bond donors (Lipinski definition) is 1. The van der Waals surface area contributed by atoms with Crippen LogP contribution in [0.4, 0.5) is 5.82 Å². The summed E-state index contributed by atoms with van der Waals surface area (Å²) in [5, 5.41) is 15.8. The maximum absolute atomic E-state index is 12.6. The molecule has 4 heterocycles. The van der Waals surface area contributed by atoms with Crippen LogP contribution in [0.5, 0.6) is 0 Å². The van der Waals surface area contributed by atoms with E-state index in [1.807, 2.05) is 31.2 Å². The van der Waals surface area contributed by atoms with Crippen molar-refractivity contribution in [3.05, 3.63) is 48.0 Å². The molecule has 1 aliphatic rings. The molecule has 0 bridgehead atoms. The van der Waals surface area contributed by atoms with E-state index in [4.69, 9.17) is 0 Å². The number of anilines is 1. The smallest absolute Gasteiger partial charge is 0.225 e. The van der Waals surface area contributed by atoms with Gasteiger partial charge in [-0.25, -0.2) is 0 Å². The summed E-state index contributed by atoms with van der Waals surface area (Å²) in [5.74, 6) is 1.65. The lowest BCUT2D eigenvalue weighted by Crippen LogP contribution is -2.43. The third kappa shape index (κ3) is 3.35. The summed E-state index contributed by atoms with van der Waals surface area (Å²) < 4.78 is 1.74. The molecule has 0 spiro atoms. The molecule has 0 unspecified atom stereocenters. The van der Waals surface area contributed by atoms with E-state index in [9.17, 15) is 4.79 Å². The number of nitrogens with zero attached hydrogens (tertiary/aromatic N) is 6. The molecule has 26 heavy (non-hydrogen) atoms. The van der Waals surface area contributed by atoms with E-state index in [2.05, 4.69) is 30.5 Å². The minimum atomic E-state index is -0.0417. The highest BCUT2D eigenvalue weighted by Gasteiger charge is 2.26. The van der Waals surface area contributed by atoms with Crippen molar-refractivity contribution < 1.29 is 4.79 Å². The lowest BCUT2D eigenvalue weighted by atomic mass is 9.97. The Labute approximate surface area is 151 Å². The van der Waals surface area contributed by atoms with Gasteiger partial charge in [-0.05, 0) is 43.5 Å². The van der Waals surface area contributed by atoms with Gasteiger partial charge in [0.1, 0.15) is 5.82 Å². The van der Waals surface area contributed by atoms with E-state index in [-0.39, 0.29) is 11.8 Å². The number of piperidine rings is 1. The van der Waals surface area contributed by atoms with Gasteiger partial charge in [0.25, 0.3) is 0 Å². The van der Waals surface area contributed by atoms with E-state index in [0.29, 0.717) is 13.1 Å². The van der Waals surface area contributed by atoms with Crippen molar-refractivity contribution in [1.82, 2.24) is 30.1 Å². The number of carbonyl (C=O) groups excluding carboxylic acids is 1. The number of fused-ring (bicyclic) bond motifs is 1. The van der Waals surface area contributed by atoms with Crippen LogP contribution in [0.15, 0.2) is 36.7 Å². The van der Waals surface area contributed by atoms with Crippen LogP contribution < -0.4 is 10.2 Å². The van der Waals surface area contributed by atoms with Crippen LogP contribution in [0, 0.1) is 12.8 Å². The molecule has 1 amide bonds. The molecule has 0 aliphatic carbocycles. The summed E-state index contributed by atoms with van der Waals surface area (Å²) >= 11 is 0. The maximum atomic E-state index is 12.6. The molecular formula is C18H21N7O. The highest BCUT2D eigenvalue weighted by molar-refractivity contribution is 5.79. The Morgan fingerprint density at radius 1 is 1.31 bits per heavy atom. The lowest BCUT2D eigenvalue weighted by molar-refractivity contribution is -0.125. The zero-order valence-corrected chi connectivity index (χ0v) is 14.7. The van der Waals surface area contributed by atoms with Gasteiger partial charge in [-0.2, -0.15) is 4.52 Å². The summed E-state index contributed by atoms with van der Waals surface area (Å²) in [6.45, 7) is 3.94. The summed E-state index contributed by atoms with van der Waals surface area (Å²) in [6, 6.07) is 7.69. The molecular weight excluding hydrogens is 330 g/mol. The van der Waals surface area contributed by atoms with Gasteiger partial charge in [-0.15, -0.1) is 15.3 Å². The van der Waals surface area contributed by atoms with E-state index in [1.165, 1.54) is 0 Å². The minimum absolute atomic E-state index is 0.0417. The van der Waals surface area contributed by atoms with Crippen LogP contribution in [-0.2, 0) is 11.3 Å². The highest BCUT2D eigenvalue weighted by atomic mass is 16.1. The fourth-order valence-electron chi connectivity index (χ4n) is 3.29. The summed E-state index contributed by atoms with van der Waals surface area (Å²) in [6.07, 6.45) is 5.36. The van der Waals surface area contributed by atoms with Crippen molar-refractivity contribution in [3.63, 3.8) is 0 Å². The first-order chi connectivity index (χ1) is 12.7. The highest BCUT2D eigenvalue weighted by Crippen LogP contribution is 2.22. The Bertz CT molecular complexity index is 908. The number of rotatable bonds is 4. The van der Waals surface area contributed by atoms with E-state index < -0.39 is 0 Å². The van der Waals surface area contributed by atoms with Crippen LogP contribution in [0.3, 0.4) is 0 Å². The van der Waals surface area contributed by atoms with Crippen molar-refractivity contribution in [2.75, 3.05) is 18.0 Å². The van der Waals surface area contributed by atoms with E-state index in [0.717, 1.165) is 42.2 Å². The number of nitrogens with one attached hydrogen (secondary N) is 1. The Morgan fingerprint density at radius 2 is 2.23 bits per heavy atom. The Hall–Kier alpha value is -3.03. The molecule has 1 N–H and O–H groups in total. The lowest BCUT2D eigenvalue weighted by Gasteiger charge is -2.32. The van der Waals surface area contributed by atoms with Crippen molar-refractivity contribution in [3.8, 4) is 0 Å². The molecule has 4 rings (SSSR count). The van der Waals surface area contributed by atoms with Crippen LogP contribution in [0.25, 0.3) is 5.65 Å². The van der Waals surface area contributed by atoms with Gasteiger partial charge in [0.15, 0.2) is 11.5 Å². The Morgan fingerprint density at radius 3 is 3.08 bits per heavy atom. The van der Waals surface area contributed by atoms with Crippen LogP contribution in [-0.4, -0.2) is 43.8 Å². The molecule has 0 aromatic carbocycles. The number of aryl methyl sites for hydroxylation is 1. The van der Waals surface area contributed by atoms with Gasteiger partial charge in [0.2, 0.25) is 5.91 Å². The van der Waals surface area contributed by atoms with Crippen LogP contribution in [0.2, 0.25) is 0 Å². The van der Waals surface area contributed by atoms with E-state index >= 15 is 0 Å². The average Bonchev–Trinajstić information content (AvgIpc) is 3.07. The standard InChI is InChI=1S/C18H21N7O/c1-13-21-22-16-6-7-17(23-25(13)16)24-9-3-5-15(12-24)18(26)20-11-14-4-2-8-19-10-14/h2,4,6-8,10,15H,3,5,9,11-12H2,1H3,(H,20,26)/t15-/m1/s1.